The predicted molar refractivity (Wildman–Crippen MR) is 74.1 cm³/mol. The Labute approximate surface area is 113 Å². The average molecular weight is 266 g/mol. The van der Waals surface area contributed by atoms with Crippen molar-refractivity contribution in [3.8, 4) is 5.75 Å². The van der Waals surface area contributed by atoms with Gasteiger partial charge in [0.2, 0.25) is 5.91 Å². The van der Waals surface area contributed by atoms with Gasteiger partial charge in [0.15, 0.2) is 0 Å². The number of rotatable bonds is 7. The van der Waals surface area contributed by atoms with Gasteiger partial charge in [-0.3, -0.25) is 4.79 Å². The third-order valence-electron chi connectivity index (χ3n) is 2.97. The minimum Gasteiger partial charge on any atom is -0.496 e. The molecule has 1 atom stereocenters. The van der Waals surface area contributed by atoms with Crippen molar-refractivity contribution < 1.29 is 14.6 Å². The number of benzene rings is 1. The summed E-state index contributed by atoms with van der Waals surface area (Å²) in [7, 11) is 1.63. The molecule has 0 aliphatic rings. The molecule has 4 N–H and O–H groups in total. The van der Waals surface area contributed by atoms with Gasteiger partial charge in [-0.05, 0) is 30.0 Å². The zero-order valence-corrected chi connectivity index (χ0v) is 11.5. The summed E-state index contributed by atoms with van der Waals surface area (Å²) < 4.78 is 5.29. The van der Waals surface area contributed by atoms with Gasteiger partial charge >= 0.3 is 0 Å². The van der Waals surface area contributed by atoms with Crippen LogP contribution in [0.3, 0.4) is 0 Å². The number of aliphatic hydroxyl groups is 1. The number of nitrogens with one attached hydrogen (secondary N) is 1. The van der Waals surface area contributed by atoms with Crippen molar-refractivity contribution in [3.05, 3.63) is 29.3 Å². The summed E-state index contributed by atoms with van der Waals surface area (Å²) in [6.45, 7) is 2.46. The monoisotopic (exact) mass is 266 g/mol. The van der Waals surface area contributed by atoms with E-state index in [1.54, 1.807) is 7.11 Å². The van der Waals surface area contributed by atoms with E-state index < -0.39 is 12.0 Å². The van der Waals surface area contributed by atoms with Crippen LogP contribution in [0.15, 0.2) is 18.2 Å². The molecule has 1 unspecified atom stereocenters. The number of carbonyl (C=O) groups is 1. The summed E-state index contributed by atoms with van der Waals surface area (Å²) in [5.41, 5.74) is 7.48. The van der Waals surface area contributed by atoms with Crippen LogP contribution in [0, 0.1) is 0 Å². The van der Waals surface area contributed by atoms with Crippen molar-refractivity contribution in [2.24, 2.45) is 5.73 Å². The van der Waals surface area contributed by atoms with Crippen LogP contribution >= 0.6 is 0 Å². The second-order valence-electron chi connectivity index (χ2n) is 4.29. The smallest absolute Gasteiger partial charge is 0.250 e. The van der Waals surface area contributed by atoms with E-state index in [-0.39, 0.29) is 6.54 Å². The number of methoxy groups -OCH3 is 1. The maximum Gasteiger partial charge on any atom is 0.250 e. The number of hydrogen-bond acceptors (Lipinski definition) is 4. The molecule has 0 bridgehead atoms. The fourth-order valence-electron chi connectivity index (χ4n) is 1.79. The SMILES string of the molecule is CCc1ccc(OC)c(CCNC(=O)C(O)CN)c1. The van der Waals surface area contributed by atoms with Crippen molar-refractivity contribution >= 4 is 5.91 Å². The molecule has 106 valence electrons. The minimum absolute atomic E-state index is 0.0690. The van der Waals surface area contributed by atoms with Crippen LogP contribution in [0.4, 0.5) is 0 Å². The van der Waals surface area contributed by atoms with Gasteiger partial charge in [0.25, 0.3) is 0 Å². The van der Waals surface area contributed by atoms with Gasteiger partial charge in [-0.2, -0.15) is 0 Å². The van der Waals surface area contributed by atoms with Gasteiger partial charge < -0.3 is 20.9 Å². The molecule has 0 fully saturated rings. The van der Waals surface area contributed by atoms with Crippen LogP contribution in [0.5, 0.6) is 5.75 Å². The number of amides is 1. The van der Waals surface area contributed by atoms with E-state index in [1.807, 2.05) is 12.1 Å². The lowest BCUT2D eigenvalue weighted by Crippen LogP contribution is -2.40. The molecule has 0 aliphatic carbocycles. The lowest BCUT2D eigenvalue weighted by molar-refractivity contribution is -0.128. The number of hydrogen-bond donors (Lipinski definition) is 3. The number of aliphatic hydroxyl groups excluding tert-OH is 1. The summed E-state index contributed by atoms with van der Waals surface area (Å²) >= 11 is 0. The second-order valence-corrected chi connectivity index (χ2v) is 4.29. The molecule has 0 heterocycles. The van der Waals surface area contributed by atoms with Gasteiger partial charge in [0.1, 0.15) is 11.9 Å². The Kier molecular flexibility index (Phi) is 6.32. The Morgan fingerprint density at radius 3 is 2.84 bits per heavy atom. The summed E-state index contributed by atoms with van der Waals surface area (Å²) in [5.74, 6) is 0.374. The Balaban J connectivity index is 2.59. The first-order chi connectivity index (χ1) is 9.12. The number of ether oxygens (including phenoxy) is 1. The highest BCUT2D eigenvalue weighted by Gasteiger charge is 2.12. The molecule has 0 spiro atoms. The Hall–Kier alpha value is -1.59. The van der Waals surface area contributed by atoms with Crippen LogP contribution < -0.4 is 15.8 Å². The molecule has 0 aromatic heterocycles. The molecule has 1 rings (SSSR count). The topological polar surface area (TPSA) is 84.6 Å². The fraction of sp³-hybridized carbons (Fsp3) is 0.500. The summed E-state index contributed by atoms with van der Waals surface area (Å²) in [5, 5.41) is 11.9. The van der Waals surface area contributed by atoms with Gasteiger partial charge in [0, 0.05) is 13.1 Å². The predicted octanol–water partition coefficient (Wildman–Crippen LogP) is 0.236. The molecule has 5 nitrogen and oxygen atoms in total. The van der Waals surface area contributed by atoms with Crippen LogP contribution in [0.25, 0.3) is 0 Å². The van der Waals surface area contributed by atoms with E-state index in [0.29, 0.717) is 13.0 Å². The first-order valence-corrected chi connectivity index (χ1v) is 6.44. The molecule has 0 radical (unpaired) electrons. The third kappa shape index (κ3) is 4.54. The number of carbonyl (C=O) groups excluding carboxylic acids is 1. The molecular formula is C14H22N2O3. The number of aryl methyl sites for hydroxylation is 1. The standard InChI is InChI=1S/C14H22N2O3/c1-3-10-4-5-13(19-2)11(8-10)6-7-16-14(18)12(17)9-15/h4-5,8,12,17H,3,6-7,9,15H2,1-2H3,(H,16,18). The van der Waals surface area contributed by atoms with Crippen molar-refractivity contribution in [1.29, 1.82) is 0 Å². The highest BCUT2D eigenvalue weighted by molar-refractivity contribution is 5.80. The first kappa shape index (κ1) is 15.5. The molecule has 0 saturated heterocycles. The first-order valence-electron chi connectivity index (χ1n) is 6.44. The quantitative estimate of drug-likeness (QED) is 0.660. The summed E-state index contributed by atoms with van der Waals surface area (Å²) in [4.78, 5) is 11.4. The van der Waals surface area contributed by atoms with E-state index in [1.165, 1.54) is 5.56 Å². The maximum absolute atomic E-state index is 11.4. The molecule has 0 saturated carbocycles. The van der Waals surface area contributed by atoms with Gasteiger partial charge in [0.05, 0.1) is 7.11 Å². The van der Waals surface area contributed by atoms with Crippen molar-refractivity contribution in [1.82, 2.24) is 5.32 Å². The van der Waals surface area contributed by atoms with Crippen LogP contribution in [0.1, 0.15) is 18.1 Å². The zero-order valence-electron chi connectivity index (χ0n) is 11.5. The molecular weight excluding hydrogens is 244 g/mol. The zero-order chi connectivity index (χ0) is 14.3. The van der Waals surface area contributed by atoms with Crippen LogP contribution in [0.2, 0.25) is 0 Å². The van der Waals surface area contributed by atoms with Crippen molar-refractivity contribution in [2.75, 3.05) is 20.2 Å². The van der Waals surface area contributed by atoms with Gasteiger partial charge in [-0.1, -0.05) is 19.1 Å². The lowest BCUT2D eigenvalue weighted by atomic mass is 10.1. The highest BCUT2D eigenvalue weighted by Crippen LogP contribution is 2.20. The average Bonchev–Trinajstić information content (AvgIpc) is 2.45. The van der Waals surface area contributed by atoms with E-state index in [0.717, 1.165) is 17.7 Å². The lowest BCUT2D eigenvalue weighted by Gasteiger charge is -2.12. The molecule has 0 aliphatic heterocycles. The Morgan fingerprint density at radius 1 is 1.53 bits per heavy atom. The van der Waals surface area contributed by atoms with E-state index in [4.69, 9.17) is 10.5 Å². The summed E-state index contributed by atoms with van der Waals surface area (Å²) in [6.07, 6.45) is 0.471. The molecule has 5 heteroatoms. The van der Waals surface area contributed by atoms with E-state index in [9.17, 15) is 9.90 Å². The minimum atomic E-state index is -1.14. The third-order valence-corrected chi connectivity index (χ3v) is 2.97. The van der Waals surface area contributed by atoms with Gasteiger partial charge in [-0.15, -0.1) is 0 Å². The van der Waals surface area contributed by atoms with Crippen molar-refractivity contribution in [2.45, 2.75) is 25.9 Å². The number of nitrogens with two attached hydrogens (primary N) is 1. The second kappa shape index (κ2) is 7.76. The molecule has 1 aromatic carbocycles. The summed E-state index contributed by atoms with van der Waals surface area (Å²) in [6, 6.07) is 6.04. The Morgan fingerprint density at radius 2 is 2.26 bits per heavy atom. The van der Waals surface area contributed by atoms with Crippen LogP contribution in [-0.2, 0) is 17.6 Å². The normalized spacial score (nSPS) is 12.0. The molecule has 1 amide bonds. The van der Waals surface area contributed by atoms with Gasteiger partial charge in [-0.25, -0.2) is 0 Å². The molecule has 1 aromatic rings. The largest absolute Gasteiger partial charge is 0.496 e. The molecule has 19 heavy (non-hydrogen) atoms. The van der Waals surface area contributed by atoms with Crippen LogP contribution in [-0.4, -0.2) is 37.3 Å². The fourth-order valence-corrected chi connectivity index (χ4v) is 1.79. The highest BCUT2D eigenvalue weighted by atomic mass is 16.5. The van der Waals surface area contributed by atoms with Crippen molar-refractivity contribution in [3.63, 3.8) is 0 Å². The Bertz CT molecular complexity index is 421. The maximum atomic E-state index is 11.4. The van der Waals surface area contributed by atoms with E-state index in [2.05, 4.69) is 18.3 Å². The van der Waals surface area contributed by atoms with E-state index >= 15 is 0 Å².